The maximum atomic E-state index is 12.1. The SMILES string of the molecule is Cc1oc(-c2ccccc2)nc1CCNC(=O)c1cccc(Br)c1. The van der Waals surface area contributed by atoms with E-state index in [0.717, 1.165) is 21.5 Å². The van der Waals surface area contributed by atoms with E-state index in [2.05, 4.69) is 26.2 Å². The van der Waals surface area contributed by atoms with Gasteiger partial charge in [-0.05, 0) is 37.3 Å². The van der Waals surface area contributed by atoms with Gasteiger partial charge in [0.1, 0.15) is 5.76 Å². The first-order valence-corrected chi connectivity index (χ1v) is 8.48. The summed E-state index contributed by atoms with van der Waals surface area (Å²) in [6, 6.07) is 17.1. The smallest absolute Gasteiger partial charge is 0.251 e. The van der Waals surface area contributed by atoms with E-state index in [1.54, 1.807) is 12.1 Å². The van der Waals surface area contributed by atoms with Crippen molar-refractivity contribution in [1.29, 1.82) is 0 Å². The number of amides is 1. The largest absolute Gasteiger partial charge is 0.441 e. The second-order valence-corrected chi connectivity index (χ2v) is 6.32. The van der Waals surface area contributed by atoms with Crippen molar-refractivity contribution in [1.82, 2.24) is 10.3 Å². The number of hydrogen-bond acceptors (Lipinski definition) is 3. The average Bonchev–Trinajstić information content (AvgIpc) is 2.96. The highest BCUT2D eigenvalue weighted by molar-refractivity contribution is 9.10. The van der Waals surface area contributed by atoms with Crippen molar-refractivity contribution in [2.75, 3.05) is 6.54 Å². The number of nitrogens with zero attached hydrogens (tertiary/aromatic N) is 1. The van der Waals surface area contributed by atoms with Crippen molar-refractivity contribution in [3.8, 4) is 11.5 Å². The van der Waals surface area contributed by atoms with Gasteiger partial charge in [-0.3, -0.25) is 4.79 Å². The van der Waals surface area contributed by atoms with Crippen molar-refractivity contribution in [2.45, 2.75) is 13.3 Å². The molecule has 4 nitrogen and oxygen atoms in total. The number of aryl methyl sites for hydroxylation is 1. The number of carbonyl (C=O) groups is 1. The summed E-state index contributed by atoms with van der Waals surface area (Å²) in [5, 5.41) is 2.91. The van der Waals surface area contributed by atoms with Crippen LogP contribution in [0.2, 0.25) is 0 Å². The molecule has 24 heavy (non-hydrogen) atoms. The van der Waals surface area contributed by atoms with Gasteiger partial charge < -0.3 is 9.73 Å². The predicted molar refractivity (Wildman–Crippen MR) is 96.9 cm³/mol. The Morgan fingerprint density at radius 2 is 1.96 bits per heavy atom. The summed E-state index contributed by atoms with van der Waals surface area (Å²) in [6.45, 7) is 2.40. The fourth-order valence-electron chi connectivity index (χ4n) is 2.39. The molecule has 0 radical (unpaired) electrons. The summed E-state index contributed by atoms with van der Waals surface area (Å²) in [6.07, 6.45) is 0.627. The Hall–Kier alpha value is -2.40. The summed E-state index contributed by atoms with van der Waals surface area (Å²) in [5.74, 6) is 1.30. The molecule has 0 fully saturated rings. The molecule has 0 aliphatic heterocycles. The third-order valence-electron chi connectivity index (χ3n) is 3.65. The van der Waals surface area contributed by atoms with Crippen LogP contribution in [0.5, 0.6) is 0 Å². The maximum absolute atomic E-state index is 12.1. The third kappa shape index (κ3) is 3.92. The van der Waals surface area contributed by atoms with Gasteiger partial charge in [-0.1, -0.05) is 40.2 Å². The van der Waals surface area contributed by atoms with Gasteiger partial charge in [-0.2, -0.15) is 0 Å². The molecule has 0 bridgehead atoms. The van der Waals surface area contributed by atoms with Gasteiger partial charge in [-0.25, -0.2) is 4.98 Å². The molecule has 2 aromatic carbocycles. The van der Waals surface area contributed by atoms with Crippen LogP contribution in [0.25, 0.3) is 11.5 Å². The van der Waals surface area contributed by atoms with Gasteiger partial charge in [-0.15, -0.1) is 0 Å². The Morgan fingerprint density at radius 3 is 2.71 bits per heavy atom. The molecule has 1 amide bonds. The number of benzene rings is 2. The van der Waals surface area contributed by atoms with E-state index in [9.17, 15) is 4.79 Å². The Bertz CT molecular complexity index is 844. The van der Waals surface area contributed by atoms with Crippen LogP contribution in [0.3, 0.4) is 0 Å². The summed E-state index contributed by atoms with van der Waals surface area (Å²) in [7, 11) is 0. The van der Waals surface area contributed by atoms with E-state index in [-0.39, 0.29) is 5.91 Å². The lowest BCUT2D eigenvalue weighted by Crippen LogP contribution is -2.25. The van der Waals surface area contributed by atoms with Crippen LogP contribution in [0, 0.1) is 6.92 Å². The van der Waals surface area contributed by atoms with Crippen LogP contribution in [0.1, 0.15) is 21.8 Å². The second-order valence-electron chi connectivity index (χ2n) is 5.40. The quantitative estimate of drug-likeness (QED) is 0.709. The van der Waals surface area contributed by atoms with Crippen molar-refractivity contribution >= 4 is 21.8 Å². The van der Waals surface area contributed by atoms with Gasteiger partial charge in [0.25, 0.3) is 5.91 Å². The van der Waals surface area contributed by atoms with Crippen LogP contribution < -0.4 is 5.32 Å². The summed E-state index contributed by atoms with van der Waals surface area (Å²) in [4.78, 5) is 16.7. The molecule has 1 aromatic heterocycles. The van der Waals surface area contributed by atoms with Crippen molar-refractivity contribution in [2.24, 2.45) is 0 Å². The van der Waals surface area contributed by atoms with E-state index >= 15 is 0 Å². The molecule has 0 aliphatic carbocycles. The standard InChI is InChI=1S/C19H17BrN2O2/c1-13-17(22-19(24-13)14-6-3-2-4-7-14)10-11-21-18(23)15-8-5-9-16(20)12-15/h2-9,12H,10-11H2,1H3,(H,21,23). The second kappa shape index (κ2) is 7.45. The molecule has 0 saturated heterocycles. The highest BCUT2D eigenvalue weighted by Gasteiger charge is 2.12. The molecule has 5 heteroatoms. The monoisotopic (exact) mass is 384 g/mol. The van der Waals surface area contributed by atoms with Gasteiger partial charge in [0.05, 0.1) is 5.69 Å². The molecular formula is C19H17BrN2O2. The number of hydrogen-bond donors (Lipinski definition) is 1. The van der Waals surface area contributed by atoms with E-state index in [1.807, 2.05) is 49.4 Å². The minimum atomic E-state index is -0.0965. The number of nitrogens with one attached hydrogen (secondary N) is 1. The van der Waals surface area contributed by atoms with Crippen LogP contribution in [0.4, 0.5) is 0 Å². The molecule has 3 aromatic rings. The minimum Gasteiger partial charge on any atom is -0.441 e. The zero-order valence-corrected chi connectivity index (χ0v) is 14.8. The summed E-state index contributed by atoms with van der Waals surface area (Å²) < 4.78 is 6.61. The van der Waals surface area contributed by atoms with Crippen LogP contribution in [-0.2, 0) is 6.42 Å². The van der Waals surface area contributed by atoms with E-state index in [1.165, 1.54) is 0 Å². The Balaban J connectivity index is 1.61. The fraction of sp³-hybridized carbons (Fsp3) is 0.158. The van der Waals surface area contributed by atoms with Crippen LogP contribution in [0.15, 0.2) is 63.5 Å². The first-order valence-electron chi connectivity index (χ1n) is 7.69. The Morgan fingerprint density at radius 1 is 1.17 bits per heavy atom. The summed E-state index contributed by atoms with van der Waals surface area (Å²) >= 11 is 3.37. The number of halogens is 1. The number of oxazole rings is 1. The zero-order valence-electron chi connectivity index (χ0n) is 13.3. The van der Waals surface area contributed by atoms with Gasteiger partial charge in [0, 0.05) is 28.6 Å². The molecule has 122 valence electrons. The highest BCUT2D eigenvalue weighted by atomic mass is 79.9. The lowest BCUT2D eigenvalue weighted by molar-refractivity contribution is 0.0954. The summed E-state index contributed by atoms with van der Waals surface area (Å²) in [5.41, 5.74) is 2.44. The first-order chi connectivity index (χ1) is 11.6. The number of rotatable bonds is 5. The van der Waals surface area contributed by atoms with Crippen molar-refractivity contribution in [3.63, 3.8) is 0 Å². The molecule has 0 unspecified atom stereocenters. The molecule has 0 saturated carbocycles. The molecule has 1 N–H and O–H groups in total. The lowest BCUT2D eigenvalue weighted by atomic mass is 10.2. The Labute approximate surface area is 149 Å². The fourth-order valence-corrected chi connectivity index (χ4v) is 2.79. The number of carbonyl (C=O) groups excluding carboxylic acids is 1. The predicted octanol–water partition coefficient (Wildman–Crippen LogP) is 4.39. The number of aromatic nitrogens is 1. The van der Waals surface area contributed by atoms with Crippen molar-refractivity contribution in [3.05, 3.63) is 76.1 Å². The van der Waals surface area contributed by atoms with Crippen LogP contribution in [-0.4, -0.2) is 17.4 Å². The topological polar surface area (TPSA) is 55.1 Å². The first kappa shape index (κ1) is 16.5. The van der Waals surface area contributed by atoms with Crippen molar-refractivity contribution < 1.29 is 9.21 Å². The zero-order chi connectivity index (χ0) is 16.9. The van der Waals surface area contributed by atoms with Gasteiger partial charge in [0.15, 0.2) is 0 Å². The average molecular weight is 385 g/mol. The third-order valence-corrected chi connectivity index (χ3v) is 4.14. The lowest BCUT2D eigenvalue weighted by Gasteiger charge is -2.04. The van der Waals surface area contributed by atoms with Gasteiger partial charge >= 0.3 is 0 Å². The van der Waals surface area contributed by atoms with E-state index < -0.39 is 0 Å². The van der Waals surface area contributed by atoms with Crippen LogP contribution >= 0.6 is 15.9 Å². The van der Waals surface area contributed by atoms with E-state index in [4.69, 9.17) is 4.42 Å². The maximum Gasteiger partial charge on any atom is 0.251 e. The van der Waals surface area contributed by atoms with Gasteiger partial charge in [0.2, 0.25) is 5.89 Å². The molecule has 0 atom stereocenters. The Kier molecular flexibility index (Phi) is 5.11. The normalized spacial score (nSPS) is 10.6. The highest BCUT2D eigenvalue weighted by Crippen LogP contribution is 2.21. The van der Waals surface area contributed by atoms with E-state index in [0.29, 0.717) is 24.4 Å². The molecule has 0 aliphatic rings. The molecule has 0 spiro atoms. The minimum absolute atomic E-state index is 0.0965. The molecule has 1 heterocycles. The molecule has 3 rings (SSSR count). The molecular weight excluding hydrogens is 368 g/mol.